The van der Waals surface area contributed by atoms with Gasteiger partial charge in [0.2, 0.25) is 0 Å². The van der Waals surface area contributed by atoms with Crippen LogP contribution in [0.15, 0.2) is 35.3 Å². The average molecular weight is 218 g/mol. The zero-order chi connectivity index (χ0) is 11.4. The molecule has 0 aliphatic rings. The van der Waals surface area contributed by atoms with Crippen molar-refractivity contribution in [3.63, 3.8) is 0 Å². The number of pyridine rings is 1. The minimum absolute atomic E-state index is 0.252. The van der Waals surface area contributed by atoms with Gasteiger partial charge in [-0.2, -0.15) is 0 Å². The highest BCUT2D eigenvalue weighted by Crippen LogP contribution is 2.08. The van der Waals surface area contributed by atoms with Crippen molar-refractivity contribution < 1.29 is 9.32 Å². The van der Waals surface area contributed by atoms with E-state index in [0.29, 0.717) is 17.1 Å². The number of carbonyl (C=O) groups is 1. The fourth-order valence-corrected chi connectivity index (χ4v) is 1.15. The van der Waals surface area contributed by atoms with Gasteiger partial charge in [-0.05, 0) is 12.1 Å². The van der Waals surface area contributed by atoms with Gasteiger partial charge in [0.05, 0.1) is 11.8 Å². The lowest BCUT2D eigenvalue weighted by molar-refractivity contribution is 0.102. The third-order valence-electron chi connectivity index (χ3n) is 1.97. The van der Waals surface area contributed by atoms with Crippen LogP contribution in [-0.2, 0) is 0 Å². The van der Waals surface area contributed by atoms with Gasteiger partial charge in [0.1, 0.15) is 17.8 Å². The SMILES string of the molecule is CNc1ccc(C(=O)Nc2cnoc2)cn1. The van der Waals surface area contributed by atoms with Crippen LogP contribution in [0.25, 0.3) is 0 Å². The van der Waals surface area contributed by atoms with Crippen molar-refractivity contribution in [1.29, 1.82) is 0 Å². The largest absolute Gasteiger partial charge is 0.373 e. The molecule has 0 aromatic carbocycles. The predicted molar refractivity (Wildman–Crippen MR) is 58.2 cm³/mol. The number of aromatic nitrogens is 2. The van der Waals surface area contributed by atoms with Crippen molar-refractivity contribution in [2.24, 2.45) is 0 Å². The van der Waals surface area contributed by atoms with Crippen LogP contribution in [0.4, 0.5) is 11.5 Å². The van der Waals surface area contributed by atoms with Gasteiger partial charge in [0.25, 0.3) is 5.91 Å². The summed E-state index contributed by atoms with van der Waals surface area (Å²) in [5, 5.41) is 8.97. The molecular formula is C10H10N4O2. The van der Waals surface area contributed by atoms with Crippen molar-refractivity contribution in [3.8, 4) is 0 Å². The fourth-order valence-electron chi connectivity index (χ4n) is 1.15. The summed E-state index contributed by atoms with van der Waals surface area (Å²) >= 11 is 0. The van der Waals surface area contributed by atoms with Gasteiger partial charge in [0.15, 0.2) is 0 Å². The Morgan fingerprint density at radius 2 is 2.25 bits per heavy atom. The van der Waals surface area contributed by atoms with Gasteiger partial charge >= 0.3 is 0 Å². The molecule has 0 aliphatic carbocycles. The number of hydrogen-bond acceptors (Lipinski definition) is 5. The predicted octanol–water partition coefficient (Wildman–Crippen LogP) is 1.36. The third kappa shape index (κ3) is 2.17. The van der Waals surface area contributed by atoms with Crippen molar-refractivity contribution in [2.45, 2.75) is 0 Å². The molecule has 0 bridgehead atoms. The number of nitrogens with one attached hydrogen (secondary N) is 2. The number of carbonyl (C=O) groups excluding carboxylic acids is 1. The van der Waals surface area contributed by atoms with Gasteiger partial charge in [0, 0.05) is 13.2 Å². The average Bonchev–Trinajstić information content (AvgIpc) is 2.82. The summed E-state index contributed by atoms with van der Waals surface area (Å²) < 4.78 is 4.60. The van der Waals surface area contributed by atoms with E-state index in [1.165, 1.54) is 18.7 Å². The summed E-state index contributed by atoms with van der Waals surface area (Å²) in [6.07, 6.45) is 4.27. The Morgan fingerprint density at radius 3 is 2.81 bits per heavy atom. The lowest BCUT2D eigenvalue weighted by Gasteiger charge is -2.02. The smallest absolute Gasteiger partial charge is 0.257 e. The monoisotopic (exact) mass is 218 g/mol. The van der Waals surface area contributed by atoms with Gasteiger partial charge in [-0.15, -0.1) is 0 Å². The van der Waals surface area contributed by atoms with Crippen LogP contribution in [0.2, 0.25) is 0 Å². The van der Waals surface area contributed by atoms with Crippen LogP contribution >= 0.6 is 0 Å². The first kappa shape index (κ1) is 10.2. The number of rotatable bonds is 3. The molecule has 2 aromatic rings. The first-order valence-electron chi connectivity index (χ1n) is 4.64. The zero-order valence-electron chi connectivity index (χ0n) is 8.60. The summed E-state index contributed by atoms with van der Waals surface area (Å²) in [5.74, 6) is 0.458. The maximum Gasteiger partial charge on any atom is 0.257 e. The highest BCUT2D eigenvalue weighted by atomic mass is 16.5. The minimum atomic E-state index is -0.252. The van der Waals surface area contributed by atoms with E-state index < -0.39 is 0 Å². The normalized spacial score (nSPS) is 9.81. The van der Waals surface area contributed by atoms with Gasteiger partial charge in [-0.3, -0.25) is 4.79 Å². The van der Waals surface area contributed by atoms with Crippen molar-refractivity contribution in [1.82, 2.24) is 10.1 Å². The van der Waals surface area contributed by atoms with E-state index >= 15 is 0 Å². The Morgan fingerprint density at radius 1 is 1.38 bits per heavy atom. The van der Waals surface area contributed by atoms with Gasteiger partial charge < -0.3 is 15.2 Å². The molecule has 2 aromatic heterocycles. The Labute approximate surface area is 91.7 Å². The lowest BCUT2D eigenvalue weighted by atomic mass is 10.2. The van der Waals surface area contributed by atoms with Crippen LogP contribution in [0.1, 0.15) is 10.4 Å². The molecule has 0 saturated heterocycles. The summed E-state index contributed by atoms with van der Waals surface area (Å²) in [6.45, 7) is 0. The Bertz CT molecular complexity index is 464. The molecule has 16 heavy (non-hydrogen) atoms. The quantitative estimate of drug-likeness (QED) is 0.813. The molecular weight excluding hydrogens is 208 g/mol. The van der Waals surface area contributed by atoms with Crippen LogP contribution in [0.3, 0.4) is 0 Å². The van der Waals surface area contributed by atoms with E-state index in [1.54, 1.807) is 19.2 Å². The van der Waals surface area contributed by atoms with E-state index in [-0.39, 0.29) is 5.91 Å². The molecule has 0 fully saturated rings. The molecule has 0 aliphatic heterocycles. The van der Waals surface area contributed by atoms with Crippen molar-refractivity contribution >= 4 is 17.4 Å². The van der Waals surface area contributed by atoms with Crippen LogP contribution in [0, 0.1) is 0 Å². The van der Waals surface area contributed by atoms with E-state index in [2.05, 4.69) is 25.3 Å². The fraction of sp³-hybridized carbons (Fsp3) is 0.100. The highest BCUT2D eigenvalue weighted by Gasteiger charge is 2.07. The van der Waals surface area contributed by atoms with E-state index in [0.717, 1.165) is 0 Å². The zero-order valence-corrected chi connectivity index (χ0v) is 8.60. The number of nitrogens with zero attached hydrogens (tertiary/aromatic N) is 2. The maximum absolute atomic E-state index is 11.7. The van der Waals surface area contributed by atoms with E-state index in [4.69, 9.17) is 0 Å². The molecule has 1 amide bonds. The van der Waals surface area contributed by atoms with Crippen molar-refractivity contribution in [2.75, 3.05) is 17.7 Å². The Kier molecular flexibility index (Phi) is 2.81. The van der Waals surface area contributed by atoms with Crippen LogP contribution < -0.4 is 10.6 Å². The van der Waals surface area contributed by atoms with Crippen LogP contribution in [0.5, 0.6) is 0 Å². The van der Waals surface area contributed by atoms with Gasteiger partial charge in [-0.1, -0.05) is 5.16 Å². The second-order valence-electron chi connectivity index (χ2n) is 3.05. The summed E-state index contributed by atoms with van der Waals surface area (Å²) in [5.41, 5.74) is 0.989. The topological polar surface area (TPSA) is 80.0 Å². The summed E-state index contributed by atoms with van der Waals surface area (Å²) in [6, 6.07) is 3.41. The summed E-state index contributed by atoms with van der Waals surface area (Å²) in [7, 11) is 1.76. The molecule has 2 rings (SSSR count). The third-order valence-corrected chi connectivity index (χ3v) is 1.97. The minimum Gasteiger partial charge on any atom is -0.373 e. The van der Waals surface area contributed by atoms with E-state index in [1.807, 2.05) is 0 Å². The highest BCUT2D eigenvalue weighted by molar-refractivity contribution is 6.03. The van der Waals surface area contributed by atoms with Gasteiger partial charge in [-0.25, -0.2) is 4.98 Å². The number of anilines is 2. The Balaban J connectivity index is 2.09. The number of hydrogen-bond donors (Lipinski definition) is 2. The maximum atomic E-state index is 11.7. The second-order valence-corrected chi connectivity index (χ2v) is 3.05. The lowest BCUT2D eigenvalue weighted by Crippen LogP contribution is -2.11. The molecule has 2 N–H and O–H groups in total. The van der Waals surface area contributed by atoms with Crippen molar-refractivity contribution in [3.05, 3.63) is 36.4 Å². The molecule has 6 heteroatoms. The summed E-state index contributed by atoms with van der Waals surface area (Å²) in [4.78, 5) is 15.7. The molecule has 0 atom stereocenters. The molecule has 0 radical (unpaired) electrons. The number of amides is 1. The first-order chi connectivity index (χ1) is 7.79. The van der Waals surface area contributed by atoms with E-state index in [9.17, 15) is 4.79 Å². The molecule has 0 saturated carbocycles. The molecule has 0 spiro atoms. The second kappa shape index (κ2) is 4.43. The molecule has 2 heterocycles. The molecule has 0 unspecified atom stereocenters. The first-order valence-corrected chi connectivity index (χ1v) is 4.64. The molecule has 82 valence electrons. The Hall–Kier alpha value is -2.37. The molecule has 6 nitrogen and oxygen atoms in total. The van der Waals surface area contributed by atoms with Crippen LogP contribution in [-0.4, -0.2) is 23.1 Å². The standard InChI is InChI=1S/C10H10N4O2/c1-11-9-3-2-7(4-12-9)10(15)14-8-5-13-16-6-8/h2-6H,1H3,(H,11,12)(H,14,15).